The highest BCUT2D eigenvalue weighted by molar-refractivity contribution is 5.98. The standard InChI is InChI=1S/C16H21N3O.C16H21NO3.C9H15N3O/c1-16-10-15(20)18(2)17-14(16)8-9-19(12-16)11-13-6-4-3-5-7-13;1-16(10-15(19)20-2)12-17(9-8-14(16)18)11-13-6-4-3-5-7-13;1-9-5-8(13)12(2)11-7(9)3-4-10-6-9/h2*3-7H,8-12H2,1-2H3;10H,3-6H2,1-2H3. The van der Waals surface area contributed by atoms with E-state index in [2.05, 4.69) is 75.6 Å². The number of hydrazone groups is 2. The Morgan fingerprint density at radius 3 is 1.81 bits per heavy atom. The van der Waals surface area contributed by atoms with Crippen LogP contribution in [0.5, 0.6) is 0 Å². The molecule has 0 saturated carbocycles. The fourth-order valence-corrected chi connectivity index (χ4v) is 7.96. The quantitative estimate of drug-likeness (QED) is 0.436. The zero-order valence-corrected chi connectivity index (χ0v) is 32.4. The van der Waals surface area contributed by atoms with E-state index >= 15 is 0 Å². The number of Topliss-reactive ketones (excluding diaryl/α,β-unsaturated/α-hetero) is 1. The van der Waals surface area contributed by atoms with Crippen LogP contribution in [-0.2, 0) is 37.0 Å². The number of benzene rings is 2. The molecule has 3 atom stereocenters. The molecule has 3 saturated heterocycles. The lowest BCUT2D eigenvalue weighted by atomic mass is 9.76. The molecule has 286 valence electrons. The van der Waals surface area contributed by atoms with Crippen LogP contribution in [0.2, 0.25) is 0 Å². The summed E-state index contributed by atoms with van der Waals surface area (Å²) in [5, 5.41) is 15.1. The number of methoxy groups -OCH3 is 1. The van der Waals surface area contributed by atoms with E-state index in [9.17, 15) is 19.2 Å². The van der Waals surface area contributed by atoms with Crippen molar-refractivity contribution in [1.82, 2.24) is 25.1 Å². The minimum Gasteiger partial charge on any atom is -0.469 e. The number of hydrogen-bond donors (Lipinski definition) is 1. The zero-order valence-electron chi connectivity index (χ0n) is 32.4. The Kier molecular flexibility index (Phi) is 13.0. The van der Waals surface area contributed by atoms with Crippen molar-refractivity contribution in [2.45, 2.75) is 72.4 Å². The van der Waals surface area contributed by atoms with Crippen LogP contribution in [0.3, 0.4) is 0 Å². The van der Waals surface area contributed by atoms with Crippen LogP contribution < -0.4 is 5.32 Å². The second-order valence-electron chi connectivity index (χ2n) is 16.0. The van der Waals surface area contributed by atoms with Crippen molar-refractivity contribution < 1.29 is 23.9 Å². The highest BCUT2D eigenvalue weighted by Crippen LogP contribution is 2.35. The number of ketones is 1. The van der Waals surface area contributed by atoms with E-state index < -0.39 is 5.41 Å². The van der Waals surface area contributed by atoms with Crippen LogP contribution in [-0.4, -0.2) is 115 Å². The second-order valence-corrected chi connectivity index (χ2v) is 16.0. The summed E-state index contributed by atoms with van der Waals surface area (Å²) in [4.78, 5) is 51.7. The van der Waals surface area contributed by atoms with Gasteiger partial charge in [-0.1, -0.05) is 81.4 Å². The Hall–Kier alpha value is -4.26. The maximum Gasteiger partial charge on any atom is 0.306 e. The molecule has 0 bridgehead atoms. The Morgan fingerprint density at radius 1 is 0.736 bits per heavy atom. The van der Waals surface area contributed by atoms with Gasteiger partial charge in [0, 0.05) is 126 Å². The predicted octanol–water partition coefficient (Wildman–Crippen LogP) is 4.35. The number of rotatable bonds is 6. The number of nitrogens with one attached hydrogen (secondary N) is 1. The van der Waals surface area contributed by atoms with Gasteiger partial charge >= 0.3 is 5.97 Å². The number of carbonyl (C=O) groups is 4. The van der Waals surface area contributed by atoms with Gasteiger partial charge in [-0.3, -0.25) is 29.0 Å². The lowest BCUT2D eigenvalue weighted by Gasteiger charge is -2.44. The number of carbonyl (C=O) groups excluding carboxylic acids is 4. The molecule has 1 N–H and O–H groups in total. The SMILES string of the molecule is CN1N=C2CCN(Cc3ccccc3)CC2(C)CC1=O.CN1N=C2CCNCC2(C)CC1=O.COC(=O)CC1(C)CN(Cc2ccccc2)CCC1=O. The number of amides is 2. The second kappa shape index (κ2) is 17.3. The van der Waals surface area contributed by atoms with Crippen LogP contribution in [0, 0.1) is 16.2 Å². The molecule has 5 heterocycles. The average molecular weight is 728 g/mol. The number of ether oxygens (including phenoxy) is 1. The molecule has 7 rings (SSSR count). The minimum absolute atomic E-state index is 0.0259. The maximum atomic E-state index is 12.1. The number of fused-ring (bicyclic) bond motifs is 2. The molecule has 2 aromatic rings. The first-order valence-corrected chi connectivity index (χ1v) is 18.7. The van der Waals surface area contributed by atoms with E-state index in [-0.39, 0.29) is 40.8 Å². The summed E-state index contributed by atoms with van der Waals surface area (Å²) >= 11 is 0. The molecule has 0 aromatic heterocycles. The fraction of sp³-hybridized carbons (Fsp3) is 0.561. The molecule has 2 amide bonds. The normalized spacial score (nSPS) is 27.5. The van der Waals surface area contributed by atoms with Crippen LogP contribution >= 0.6 is 0 Å². The van der Waals surface area contributed by atoms with E-state index in [1.807, 2.05) is 31.2 Å². The topological polar surface area (TPSA) is 127 Å². The maximum absolute atomic E-state index is 12.1. The van der Waals surface area contributed by atoms with Gasteiger partial charge in [-0.2, -0.15) is 10.2 Å². The molecule has 3 unspecified atom stereocenters. The Labute approximate surface area is 314 Å². The lowest BCUT2D eigenvalue weighted by molar-refractivity contribution is -0.149. The minimum atomic E-state index is -0.625. The fourth-order valence-electron chi connectivity index (χ4n) is 7.96. The largest absolute Gasteiger partial charge is 0.469 e. The van der Waals surface area contributed by atoms with Crippen LogP contribution in [0.25, 0.3) is 0 Å². The summed E-state index contributed by atoms with van der Waals surface area (Å²) < 4.78 is 4.71. The molecular formula is C41H57N7O5. The highest BCUT2D eigenvalue weighted by atomic mass is 16.5. The average Bonchev–Trinajstić information content (AvgIpc) is 3.12. The van der Waals surface area contributed by atoms with Gasteiger partial charge in [-0.25, -0.2) is 10.0 Å². The molecule has 0 radical (unpaired) electrons. The van der Waals surface area contributed by atoms with Crippen LogP contribution in [0.4, 0.5) is 0 Å². The Bertz CT molecular complexity index is 1680. The summed E-state index contributed by atoms with van der Waals surface area (Å²) in [5.41, 5.74) is 4.17. The molecule has 5 aliphatic rings. The number of piperidine rings is 3. The van der Waals surface area contributed by atoms with E-state index in [0.29, 0.717) is 25.8 Å². The van der Waals surface area contributed by atoms with E-state index in [4.69, 9.17) is 4.74 Å². The summed E-state index contributed by atoms with van der Waals surface area (Å²) in [6, 6.07) is 20.7. The van der Waals surface area contributed by atoms with Gasteiger partial charge in [-0.15, -0.1) is 0 Å². The first kappa shape index (κ1) is 39.9. The smallest absolute Gasteiger partial charge is 0.306 e. The van der Waals surface area contributed by atoms with Gasteiger partial charge in [-0.05, 0) is 11.1 Å². The van der Waals surface area contributed by atoms with Crippen molar-refractivity contribution in [1.29, 1.82) is 0 Å². The third-order valence-corrected chi connectivity index (χ3v) is 11.2. The van der Waals surface area contributed by atoms with Crippen molar-refractivity contribution in [2.24, 2.45) is 26.4 Å². The number of hydrogen-bond acceptors (Lipinski definition) is 10. The molecule has 5 aliphatic heterocycles. The van der Waals surface area contributed by atoms with Crippen molar-refractivity contribution in [2.75, 3.05) is 60.5 Å². The Morgan fingerprint density at radius 2 is 1.25 bits per heavy atom. The van der Waals surface area contributed by atoms with Gasteiger partial charge in [0.15, 0.2) is 0 Å². The molecule has 0 aliphatic carbocycles. The van der Waals surface area contributed by atoms with Gasteiger partial charge in [0.25, 0.3) is 0 Å². The van der Waals surface area contributed by atoms with E-state index in [1.165, 1.54) is 39.7 Å². The van der Waals surface area contributed by atoms with Gasteiger partial charge in [0.1, 0.15) is 5.78 Å². The predicted molar refractivity (Wildman–Crippen MR) is 206 cm³/mol. The molecule has 12 heteroatoms. The van der Waals surface area contributed by atoms with Crippen molar-refractivity contribution in [3.63, 3.8) is 0 Å². The monoisotopic (exact) mass is 727 g/mol. The molecule has 2 aromatic carbocycles. The first-order valence-electron chi connectivity index (χ1n) is 18.7. The third-order valence-electron chi connectivity index (χ3n) is 11.2. The summed E-state index contributed by atoms with van der Waals surface area (Å²) in [7, 11) is 4.85. The summed E-state index contributed by atoms with van der Waals surface area (Å²) in [6.45, 7) is 13.1. The van der Waals surface area contributed by atoms with Crippen molar-refractivity contribution >= 4 is 35.0 Å². The first-order chi connectivity index (χ1) is 25.2. The van der Waals surface area contributed by atoms with Crippen LogP contribution in [0.15, 0.2) is 70.9 Å². The lowest BCUT2D eigenvalue weighted by Crippen LogP contribution is -2.52. The molecule has 0 spiro atoms. The number of likely N-dealkylation sites (tertiary alicyclic amines) is 2. The van der Waals surface area contributed by atoms with Gasteiger partial charge in [0.05, 0.1) is 13.5 Å². The van der Waals surface area contributed by atoms with Gasteiger partial charge in [0.2, 0.25) is 11.8 Å². The third kappa shape index (κ3) is 10.2. The Balaban J connectivity index is 0.000000157. The number of nitrogens with zero attached hydrogens (tertiary/aromatic N) is 6. The van der Waals surface area contributed by atoms with Crippen molar-refractivity contribution in [3.8, 4) is 0 Å². The molecule has 12 nitrogen and oxygen atoms in total. The van der Waals surface area contributed by atoms with Gasteiger partial charge < -0.3 is 10.1 Å². The van der Waals surface area contributed by atoms with Crippen LogP contribution in [0.1, 0.15) is 70.4 Å². The summed E-state index contributed by atoms with van der Waals surface area (Å²) in [6.07, 6.45) is 3.76. The highest BCUT2D eigenvalue weighted by Gasteiger charge is 2.43. The zero-order chi connectivity index (χ0) is 38.2. The number of esters is 1. The molecule has 53 heavy (non-hydrogen) atoms. The molecular weight excluding hydrogens is 670 g/mol. The van der Waals surface area contributed by atoms with E-state index in [1.54, 1.807) is 14.1 Å². The summed E-state index contributed by atoms with van der Waals surface area (Å²) in [5.74, 6) is 0.0855. The van der Waals surface area contributed by atoms with Crippen molar-refractivity contribution in [3.05, 3.63) is 71.8 Å². The van der Waals surface area contributed by atoms with E-state index in [0.717, 1.165) is 58.7 Å². The molecule has 3 fully saturated rings.